The van der Waals surface area contributed by atoms with Crippen molar-refractivity contribution in [2.24, 2.45) is 0 Å². The van der Waals surface area contributed by atoms with Crippen molar-refractivity contribution in [3.05, 3.63) is 60.4 Å². The van der Waals surface area contributed by atoms with Gasteiger partial charge < -0.3 is 12.6 Å². The van der Waals surface area contributed by atoms with Crippen LogP contribution in [0, 0.1) is 5.82 Å². The van der Waals surface area contributed by atoms with Gasteiger partial charge in [0.05, 0.1) is 0 Å². The van der Waals surface area contributed by atoms with Crippen LogP contribution in [0.15, 0.2) is 59.8 Å². The summed E-state index contributed by atoms with van der Waals surface area (Å²) >= 11 is 5.20. The fourth-order valence-electron chi connectivity index (χ4n) is 1.87. The second-order valence-electron chi connectivity index (χ2n) is 3.98. The Hall–Kier alpha value is -1.27. The Kier molecular flexibility index (Phi) is 4.88. The first-order valence-electron chi connectivity index (χ1n) is 5.69. The van der Waals surface area contributed by atoms with Crippen LogP contribution in [0.3, 0.4) is 0 Å². The summed E-state index contributed by atoms with van der Waals surface area (Å²) in [5.74, 6) is 0.323. The van der Waals surface area contributed by atoms with Gasteiger partial charge in [-0.1, -0.05) is 18.2 Å². The number of hydrogen-bond acceptors (Lipinski definition) is 3. The summed E-state index contributed by atoms with van der Waals surface area (Å²) in [5.41, 5.74) is 1.66. The van der Waals surface area contributed by atoms with Crippen molar-refractivity contribution < 1.29 is 33.9 Å². The van der Waals surface area contributed by atoms with Crippen LogP contribution >= 0.6 is 0 Å². The third-order valence-electron chi connectivity index (χ3n) is 2.75. The van der Waals surface area contributed by atoms with E-state index in [4.69, 9.17) is 12.6 Å². The number of nitrogens with zero attached hydrogens (tertiary/aromatic N) is 3. The predicted molar refractivity (Wildman–Crippen MR) is 72.4 cm³/mol. The zero-order chi connectivity index (χ0) is 13.2. The van der Waals surface area contributed by atoms with Crippen molar-refractivity contribution in [1.29, 1.82) is 0 Å². The molecule has 1 heterocycles. The van der Waals surface area contributed by atoms with Gasteiger partial charge in [-0.25, -0.2) is 4.39 Å². The number of halogens is 1. The molecule has 1 aromatic heterocycles. The maximum atomic E-state index is 13.0. The van der Waals surface area contributed by atoms with E-state index in [1.54, 1.807) is 16.7 Å². The molecule has 2 aromatic carbocycles. The standard InChI is InChI=1S/C14H10FN3S.Na/c15-11-8-6-10(7-9-11)13-16-17-14(19)18(13)12-4-2-1-3-5-12;/h1-9H,(H,17,19);/q;+1/p-1. The molecule has 0 aliphatic rings. The average molecular weight is 293 g/mol. The Morgan fingerprint density at radius 1 is 0.900 bits per heavy atom. The minimum absolute atomic E-state index is 0. The molecular formula is C14H9FN3NaS. The summed E-state index contributed by atoms with van der Waals surface area (Å²) in [6, 6.07) is 15.7. The molecule has 0 aliphatic carbocycles. The first kappa shape index (κ1) is 15.1. The van der Waals surface area contributed by atoms with E-state index >= 15 is 0 Å². The third kappa shape index (κ3) is 2.91. The summed E-state index contributed by atoms with van der Waals surface area (Å²) in [4.78, 5) is 0. The van der Waals surface area contributed by atoms with E-state index in [1.807, 2.05) is 30.3 Å². The summed E-state index contributed by atoms with van der Waals surface area (Å²) in [5, 5.41) is 8.38. The molecule has 0 amide bonds. The summed E-state index contributed by atoms with van der Waals surface area (Å²) in [7, 11) is 0. The summed E-state index contributed by atoms with van der Waals surface area (Å²) < 4.78 is 14.7. The van der Waals surface area contributed by atoms with Gasteiger partial charge in [0, 0.05) is 16.4 Å². The van der Waals surface area contributed by atoms with Gasteiger partial charge in [-0.15, -0.1) is 5.10 Å². The number of para-hydroxylation sites is 1. The summed E-state index contributed by atoms with van der Waals surface area (Å²) in [6.07, 6.45) is 0. The van der Waals surface area contributed by atoms with Crippen LogP contribution in [0.5, 0.6) is 0 Å². The fourth-order valence-corrected chi connectivity index (χ4v) is 2.10. The predicted octanol–water partition coefficient (Wildman–Crippen LogP) is -0.0168. The number of hydrogen-bond donors (Lipinski definition) is 0. The van der Waals surface area contributed by atoms with Crippen LogP contribution in [-0.4, -0.2) is 14.8 Å². The van der Waals surface area contributed by atoms with Gasteiger partial charge in [-0.2, -0.15) is 5.10 Å². The normalized spacial score (nSPS) is 10.1. The molecule has 20 heavy (non-hydrogen) atoms. The minimum Gasteiger partial charge on any atom is -0.740 e. The van der Waals surface area contributed by atoms with Gasteiger partial charge in [-0.05, 0) is 36.4 Å². The van der Waals surface area contributed by atoms with E-state index in [2.05, 4.69) is 10.2 Å². The molecule has 0 radical (unpaired) electrons. The van der Waals surface area contributed by atoms with Crippen LogP contribution in [0.2, 0.25) is 0 Å². The molecule has 0 bridgehead atoms. The molecule has 0 unspecified atom stereocenters. The maximum Gasteiger partial charge on any atom is 1.00 e. The molecule has 94 valence electrons. The molecule has 0 saturated carbocycles. The van der Waals surface area contributed by atoms with Crippen LogP contribution in [0.1, 0.15) is 0 Å². The smallest absolute Gasteiger partial charge is 0.740 e. The van der Waals surface area contributed by atoms with Crippen molar-refractivity contribution >= 4 is 12.6 Å². The van der Waals surface area contributed by atoms with Gasteiger partial charge >= 0.3 is 29.6 Å². The molecule has 6 heteroatoms. The molecule has 3 rings (SSSR count). The average Bonchev–Trinajstić information content (AvgIpc) is 2.82. The van der Waals surface area contributed by atoms with Crippen LogP contribution < -0.4 is 29.6 Å². The molecule has 0 fully saturated rings. The van der Waals surface area contributed by atoms with E-state index in [1.165, 1.54) is 12.1 Å². The Bertz CT molecular complexity index is 698. The molecule has 0 aliphatic heterocycles. The number of benzene rings is 2. The second-order valence-corrected chi connectivity index (χ2v) is 4.35. The van der Waals surface area contributed by atoms with Crippen molar-refractivity contribution in [3.63, 3.8) is 0 Å². The summed E-state index contributed by atoms with van der Waals surface area (Å²) in [6.45, 7) is 0. The number of rotatable bonds is 2. The van der Waals surface area contributed by atoms with Crippen molar-refractivity contribution in [2.75, 3.05) is 0 Å². The Labute approximate surface area is 143 Å². The molecule has 0 N–H and O–H groups in total. The molecule has 0 saturated heterocycles. The van der Waals surface area contributed by atoms with Gasteiger partial charge in [0.25, 0.3) is 0 Å². The van der Waals surface area contributed by atoms with Crippen LogP contribution in [0.4, 0.5) is 4.39 Å². The Morgan fingerprint density at radius 3 is 2.20 bits per heavy atom. The van der Waals surface area contributed by atoms with Crippen LogP contribution in [-0.2, 0) is 12.6 Å². The van der Waals surface area contributed by atoms with Gasteiger partial charge in [0.2, 0.25) is 0 Å². The third-order valence-corrected chi connectivity index (χ3v) is 3.01. The van der Waals surface area contributed by atoms with E-state index in [-0.39, 0.29) is 35.4 Å². The zero-order valence-corrected chi connectivity index (χ0v) is 13.6. The van der Waals surface area contributed by atoms with E-state index < -0.39 is 0 Å². The first-order chi connectivity index (χ1) is 9.25. The van der Waals surface area contributed by atoms with Crippen molar-refractivity contribution in [3.8, 4) is 17.1 Å². The van der Waals surface area contributed by atoms with E-state index in [9.17, 15) is 4.39 Å². The van der Waals surface area contributed by atoms with E-state index in [0.29, 0.717) is 11.0 Å². The Morgan fingerprint density at radius 2 is 1.55 bits per heavy atom. The minimum atomic E-state index is -0.284. The molecule has 0 atom stereocenters. The van der Waals surface area contributed by atoms with Crippen molar-refractivity contribution in [2.45, 2.75) is 5.16 Å². The monoisotopic (exact) mass is 293 g/mol. The quantitative estimate of drug-likeness (QED) is 0.492. The maximum absolute atomic E-state index is 13.0. The van der Waals surface area contributed by atoms with Crippen LogP contribution in [0.25, 0.3) is 17.1 Å². The molecular weight excluding hydrogens is 284 g/mol. The topological polar surface area (TPSA) is 30.7 Å². The molecule has 0 spiro atoms. The molecule has 3 aromatic rings. The van der Waals surface area contributed by atoms with Gasteiger partial charge in [-0.3, -0.25) is 4.57 Å². The van der Waals surface area contributed by atoms with Crippen molar-refractivity contribution in [1.82, 2.24) is 14.8 Å². The zero-order valence-electron chi connectivity index (χ0n) is 10.8. The SMILES string of the molecule is Fc1ccc(-c2nnc([S-])n2-c2ccccc2)cc1.[Na+]. The Balaban J connectivity index is 0.00000147. The number of aromatic nitrogens is 3. The molecule has 3 nitrogen and oxygen atoms in total. The first-order valence-corrected chi connectivity index (χ1v) is 6.10. The second kappa shape index (κ2) is 6.45. The van der Waals surface area contributed by atoms with E-state index in [0.717, 1.165) is 11.3 Å². The fraction of sp³-hybridized carbons (Fsp3) is 0. The van der Waals surface area contributed by atoms with Gasteiger partial charge in [0.15, 0.2) is 5.82 Å². The largest absolute Gasteiger partial charge is 1.00 e. The van der Waals surface area contributed by atoms with Gasteiger partial charge in [0.1, 0.15) is 5.82 Å².